The molecule has 1 aromatic carbocycles. The van der Waals surface area contributed by atoms with E-state index in [2.05, 4.69) is 22.5 Å². The van der Waals surface area contributed by atoms with Gasteiger partial charge >= 0.3 is 0 Å². The monoisotopic (exact) mass is 331 g/mol. The third kappa shape index (κ3) is 5.25. The van der Waals surface area contributed by atoms with Gasteiger partial charge in [0.05, 0.1) is 0 Å². The van der Waals surface area contributed by atoms with Crippen molar-refractivity contribution in [1.82, 2.24) is 10.3 Å². The summed E-state index contributed by atoms with van der Waals surface area (Å²) in [5, 5.41) is 6.79. The molecule has 0 atom stereocenters. The Balaban J connectivity index is 2.04. The summed E-state index contributed by atoms with van der Waals surface area (Å²) in [6, 6.07) is 9.08. The molecule has 2 aromatic rings. The summed E-state index contributed by atoms with van der Waals surface area (Å²) in [5.41, 5.74) is 2.54. The van der Waals surface area contributed by atoms with Gasteiger partial charge in [0.25, 0.3) is 5.91 Å². The Morgan fingerprint density at radius 1 is 1.22 bits per heavy atom. The van der Waals surface area contributed by atoms with Crippen LogP contribution in [0.1, 0.15) is 42.1 Å². The second kappa shape index (κ2) is 8.53. The quantitative estimate of drug-likeness (QED) is 0.722. The molecule has 0 saturated heterocycles. The minimum Gasteiger partial charge on any atom is -0.352 e. The van der Waals surface area contributed by atoms with Crippen LogP contribution in [0, 0.1) is 6.92 Å². The number of carbonyl (C=O) groups is 1. The molecule has 122 valence electrons. The number of carbonyl (C=O) groups excluding carboxylic acids is 1. The highest BCUT2D eigenvalue weighted by molar-refractivity contribution is 6.30. The summed E-state index contributed by atoms with van der Waals surface area (Å²) in [4.78, 5) is 16.4. The van der Waals surface area contributed by atoms with E-state index >= 15 is 0 Å². The van der Waals surface area contributed by atoms with Gasteiger partial charge in [-0.25, -0.2) is 4.98 Å². The average Bonchev–Trinajstić information content (AvgIpc) is 2.55. The standard InChI is InChI=1S/C18H22ClN3O/c1-3-4-5-9-21-18(23)14-8-10-20-17(11-14)22-16-12-15(19)7-6-13(16)2/h6-8,10-12H,3-5,9H2,1-2H3,(H,20,22)(H,21,23). The van der Waals surface area contributed by atoms with E-state index in [0.29, 0.717) is 22.9 Å². The molecule has 0 spiro atoms. The van der Waals surface area contributed by atoms with E-state index in [1.165, 1.54) is 0 Å². The first-order valence-electron chi connectivity index (χ1n) is 7.87. The van der Waals surface area contributed by atoms with Crippen molar-refractivity contribution in [2.24, 2.45) is 0 Å². The fourth-order valence-corrected chi connectivity index (χ4v) is 2.36. The molecule has 1 aromatic heterocycles. The summed E-state index contributed by atoms with van der Waals surface area (Å²) in [5.74, 6) is 0.547. The normalized spacial score (nSPS) is 10.4. The molecule has 4 nitrogen and oxygen atoms in total. The maximum Gasteiger partial charge on any atom is 0.251 e. The third-order valence-corrected chi connectivity index (χ3v) is 3.79. The Morgan fingerprint density at radius 2 is 2.04 bits per heavy atom. The van der Waals surface area contributed by atoms with Gasteiger partial charge < -0.3 is 10.6 Å². The molecule has 1 amide bonds. The molecule has 2 N–H and O–H groups in total. The molecule has 1 heterocycles. The lowest BCUT2D eigenvalue weighted by atomic mass is 10.2. The van der Waals surface area contributed by atoms with Crippen LogP contribution in [0.5, 0.6) is 0 Å². The number of anilines is 2. The SMILES string of the molecule is CCCCCNC(=O)c1ccnc(Nc2cc(Cl)ccc2C)c1. The Labute approximate surface area is 142 Å². The first-order valence-corrected chi connectivity index (χ1v) is 8.25. The number of aryl methyl sites for hydroxylation is 1. The van der Waals surface area contributed by atoms with Crippen LogP contribution >= 0.6 is 11.6 Å². The molecule has 0 aliphatic rings. The molecule has 2 rings (SSSR count). The molecule has 23 heavy (non-hydrogen) atoms. The second-order valence-electron chi connectivity index (χ2n) is 5.48. The smallest absolute Gasteiger partial charge is 0.251 e. The van der Waals surface area contributed by atoms with Crippen LogP contribution in [0.25, 0.3) is 0 Å². The lowest BCUT2D eigenvalue weighted by molar-refractivity contribution is 0.0953. The van der Waals surface area contributed by atoms with Crippen molar-refractivity contribution < 1.29 is 4.79 Å². The number of aromatic nitrogens is 1. The number of hydrogen-bond acceptors (Lipinski definition) is 3. The topological polar surface area (TPSA) is 54.0 Å². The Hall–Kier alpha value is -2.07. The number of benzene rings is 1. The number of halogens is 1. The maximum absolute atomic E-state index is 12.1. The van der Waals surface area contributed by atoms with E-state index in [1.54, 1.807) is 18.3 Å². The van der Waals surface area contributed by atoms with Crippen LogP contribution in [0.3, 0.4) is 0 Å². The summed E-state index contributed by atoms with van der Waals surface area (Å²) in [6.45, 7) is 4.83. The summed E-state index contributed by atoms with van der Waals surface area (Å²) < 4.78 is 0. The van der Waals surface area contributed by atoms with Crippen molar-refractivity contribution in [2.45, 2.75) is 33.1 Å². The van der Waals surface area contributed by atoms with Crippen molar-refractivity contribution in [1.29, 1.82) is 0 Å². The van der Waals surface area contributed by atoms with E-state index in [9.17, 15) is 4.79 Å². The van der Waals surface area contributed by atoms with Crippen molar-refractivity contribution in [2.75, 3.05) is 11.9 Å². The van der Waals surface area contributed by atoms with E-state index in [0.717, 1.165) is 30.5 Å². The van der Waals surface area contributed by atoms with E-state index in [-0.39, 0.29) is 5.91 Å². The van der Waals surface area contributed by atoms with Crippen LogP contribution in [0.15, 0.2) is 36.5 Å². The number of nitrogens with one attached hydrogen (secondary N) is 2. The molecular formula is C18H22ClN3O. The summed E-state index contributed by atoms with van der Waals surface area (Å²) >= 11 is 6.02. The molecule has 5 heteroatoms. The van der Waals surface area contributed by atoms with Gasteiger partial charge in [-0.15, -0.1) is 0 Å². The molecule has 0 aliphatic carbocycles. The van der Waals surface area contributed by atoms with Crippen LogP contribution in [-0.2, 0) is 0 Å². The minimum absolute atomic E-state index is 0.0747. The number of unbranched alkanes of at least 4 members (excludes halogenated alkanes) is 2. The van der Waals surface area contributed by atoms with E-state index in [1.807, 2.05) is 25.1 Å². The highest BCUT2D eigenvalue weighted by Gasteiger charge is 2.07. The van der Waals surface area contributed by atoms with Crippen molar-refractivity contribution in [3.05, 3.63) is 52.7 Å². The predicted molar refractivity (Wildman–Crippen MR) is 95.6 cm³/mol. The molecule has 0 fully saturated rings. The van der Waals surface area contributed by atoms with Gasteiger partial charge in [0.1, 0.15) is 5.82 Å². The van der Waals surface area contributed by atoms with Crippen LogP contribution in [0.4, 0.5) is 11.5 Å². The molecule has 0 radical (unpaired) electrons. The maximum atomic E-state index is 12.1. The fraction of sp³-hybridized carbons (Fsp3) is 0.333. The first-order chi connectivity index (χ1) is 11.1. The van der Waals surface area contributed by atoms with Crippen LogP contribution in [-0.4, -0.2) is 17.4 Å². The zero-order chi connectivity index (χ0) is 16.7. The number of amides is 1. The zero-order valence-corrected chi connectivity index (χ0v) is 14.3. The minimum atomic E-state index is -0.0747. The van der Waals surface area contributed by atoms with Gasteiger partial charge in [-0.3, -0.25) is 4.79 Å². The Kier molecular flexibility index (Phi) is 6.41. The van der Waals surface area contributed by atoms with E-state index < -0.39 is 0 Å². The second-order valence-corrected chi connectivity index (χ2v) is 5.91. The third-order valence-electron chi connectivity index (χ3n) is 3.55. The predicted octanol–water partition coefficient (Wildman–Crippen LogP) is 4.71. The van der Waals surface area contributed by atoms with Crippen molar-refractivity contribution in [3.8, 4) is 0 Å². The summed E-state index contributed by atoms with van der Waals surface area (Å²) in [6.07, 6.45) is 4.89. The number of hydrogen-bond donors (Lipinski definition) is 2. The lowest BCUT2D eigenvalue weighted by Gasteiger charge is -2.10. The van der Waals surface area contributed by atoms with Crippen molar-refractivity contribution in [3.63, 3.8) is 0 Å². The Bertz CT molecular complexity index is 673. The van der Waals surface area contributed by atoms with Gasteiger partial charge in [-0.2, -0.15) is 0 Å². The van der Waals surface area contributed by atoms with E-state index in [4.69, 9.17) is 11.6 Å². The molecule has 0 aliphatic heterocycles. The Morgan fingerprint density at radius 3 is 2.83 bits per heavy atom. The van der Waals surface area contributed by atoms with Crippen molar-refractivity contribution >= 4 is 29.0 Å². The first kappa shape index (κ1) is 17.3. The molecule has 0 unspecified atom stereocenters. The molecular weight excluding hydrogens is 310 g/mol. The van der Waals surface area contributed by atoms with Gasteiger partial charge in [0, 0.05) is 29.0 Å². The zero-order valence-electron chi connectivity index (χ0n) is 13.5. The van der Waals surface area contributed by atoms with Gasteiger partial charge in [0.2, 0.25) is 0 Å². The number of pyridine rings is 1. The van der Waals surface area contributed by atoms with Gasteiger partial charge in [-0.05, 0) is 43.2 Å². The highest BCUT2D eigenvalue weighted by Crippen LogP contribution is 2.23. The van der Waals surface area contributed by atoms with Crippen LogP contribution < -0.4 is 10.6 Å². The fourth-order valence-electron chi connectivity index (χ4n) is 2.19. The van der Waals surface area contributed by atoms with Gasteiger partial charge in [-0.1, -0.05) is 37.4 Å². The molecule has 0 saturated carbocycles. The largest absolute Gasteiger partial charge is 0.352 e. The summed E-state index contributed by atoms with van der Waals surface area (Å²) in [7, 11) is 0. The number of nitrogens with zero attached hydrogens (tertiary/aromatic N) is 1. The lowest BCUT2D eigenvalue weighted by Crippen LogP contribution is -2.24. The van der Waals surface area contributed by atoms with Crippen LogP contribution in [0.2, 0.25) is 5.02 Å². The highest BCUT2D eigenvalue weighted by atomic mass is 35.5. The number of rotatable bonds is 7. The average molecular weight is 332 g/mol. The van der Waals surface area contributed by atoms with Gasteiger partial charge in [0.15, 0.2) is 0 Å². The molecule has 0 bridgehead atoms.